The molecular formula is C15H30N2O. The summed E-state index contributed by atoms with van der Waals surface area (Å²) in [4.78, 5) is 11.6. The van der Waals surface area contributed by atoms with Crippen molar-refractivity contribution in [2.24, 2.45) is 11.7 Å². The number of unbranched alkanes of at least 4 members (excludes halogenated alkanes) is 1. The predicted molar refractivity (Wildman–Crippen MR) is 76.5 cm³/mol. The van der Waals surface area contributed by atoms with E-state index in [2.05, 4.69) is 5.32 Å². The summed E-state index contributed by atoms with van der Waals surface area (Å²) in [6.45, 7) is 4.92. The summed E-state index contributed by atoms with van der Waals surface area (Å²) in [5, 5.41) is 3.62. The van der Waals surface area contributed by atoms with Gasteiger partial charge in [-0.15, -0.1) is 0 Å². The maximum absolute atomic E-state index is 11.6. The molecular weight excluding hydrogens is 224 g/mol. The van der Waals surface area contributed by atoms with Crippen molar-refractivity contribution in [3.63, 3.8) is 0 Å². The third-order valence-corrected chi connectivity index (χ3v) is 3.91. The zero-order valence-electron chi connectivity index (χ0n) is 12.1. The highest BCUT2D eigenvalue weighted by atomic mass is 16.1. The van der Waals surface area contributed by atoms with Crippen LogP contribution in [0.5, 0.6) is 0 Å². The van der Waals surface area contributed by atoms with Gasteiger partial charge < -0.3 is 11.1 Å². The molecule has 106 valence electrons. The van der Waals surface area contributed by atoms with Crippen LogP contribution < -0.4 is 11.1 Å². The summed E-state index contributed by atoms with van der Waals surface area (Å²) >= 11 is 0. The minimum atomic E-state index is -0.250. The van der Waals surface area contributed by atoms with Crippen molar-refractivity contribution < 1.29 is 4.79 Å². The van der Waals surface area contributed by atoms with Crippen LogP contribution in [0.3, 0.4) is 0 Å². The molecule has 3 nitrogen and oxygen atoms in total. The second-order valence-electron chi connectivity index (χ2n) is 5.95. The summed E-state index contributed by atoms with van der Waals surface area (Å²) in [6, 6.07) is 0.490. The molecule has 0 aromatic carbocycles. The molecule has 1 atom stereocenters. The van der Waals surface area contributed by atoms with Crippen LogP contribution in [0.1, 0.15) is 65.2 Å². The second-order valence-corrected chi connectivity index (χ2v) is 5.95. The number of ketones is 1. The Labute approximate surface area is 112 Å². The third kappa shape index (κ3) is 5.96. The van der Waals surface area contributed by atoms with Crippen molar-refractivity contribution in [1.82, 2.24) is 5.32 Å². The van der Waals surface area contributed by atoms with E-state index in [0.717, 1.165) is 31.8 Å². The molecule has 0 aromatic rings. The van der Waals surface area contributed by atoms with Gasteiger partial charge in [-0.05, 0) is 32.2 Å². The topological polar surface area (TPSA) is 55.1 Å². The summed E-state index contributed by atoms with van der Waals surface area (Å²) in [5.41, 5.74) is 5.87. The highest BCUT2D eigenvalue weighted by Gasteiger charge is 2.16. The van der Waals surface area contributed by atoms with E-state index in [1.54, 1.807) is 0 Å². The quantitative estimate of drug-likeness (QED) is 0.655. The van der Waals surface area contributed by atoms with Crippen molar-refractivity contribution in [3.05, 3.63) is 0 Å². The van der Waals surface area contributed by atoms with Gasteiger partial charge >= 0.3 is 0 Å². The smallest absolute Gasteiger partial charge is 0.152 e. The zero-order chi connectivity index (χ0) is 13.4. The van der Waals surface area contributed by atoms with Crippen LogP contribution in [-0.4, -0.2) is 24.4 Å². The van der Waals surface area contributed by atoms with E-state index in [1.807, 2.05) is 13.8 Å². The van der Waals surface area contributed by atoms with E-state index in [1.165, 1.54) is 32.1 Å². The van der Waals surface area contributed by atoms with Crippen molar-refractivity contribution in [3.8, 4) is 0 Å². The fourth-order valence-electron chi connectivity index (χ4n) is 2.67. The number of Topliss-reactive ketones (excluding diaryl/α,β-unsaturated/α-hetero) is 1. The largest absolute Gasteiger partial charge is 0.321 e. The van der Waals surface area contributed by atoms with Gasteiger partial charge in [0.05, 0.1) is 6.04 Å². The van der Waals surface area contributed by atoms with Crippen molar-refractivity contribution in [2.45, 2.75) is 77.3 Å². The Hall–Kier alpha value is -0.410. The van der Waals surface area contributed by atoms with Crippen LogP contribution in [0.15, 0.2) is 0 Å². The summed E-state index contributed by atoms with van der Waals surface area (Å²) < 4.78 is 0. The van der Waals surface area contributed by atoms with Crippen LogP contribution in [0.4, 0.5) is 0 Å². The first kappa shape index (κ1) is 15.6. The zero-order valence-corrected chi connectivity index (χ0v) is 12.1. The molecule has 0 aliphatic heterocycles. The number of rotatable bonds is 8. The van der Waals surface area contributed by atoms with Gasteiger partial charge in [0.15, 0.2) is 5.78 Å². The van der Waals surface area contributed by atoms with Gasteiger partial charge in [-0.3, -0.25) is 4.79 Å². The first-order valence-corrected chi connectivity index (χ1v) is 7.64. The molecule has 0 heterocycles. The maximum atomic E-state index is 11.6. The lowest BCUT2D eigenvalue weighted by Gasteiger charge is -2.22. The lowest BCUT2D eigenvalue weighted by molar-refractivity contribution is -0.123. The molecule has 1 fully saturated rings. The average Bonchev–Trinajstić information content (AvgIpc) is 2.38. The summed E-state index contributed by atoms with van der Waals surface area (Å²) in [6.07, 6.45) is 9.87. The summed E-state index contributed by atoms with van der Waals surface area (Å²) in [5.74, 6) is 0.274. The Bertz CT molecular complexity index is 235. The third-order valence-electron chi connectivity index (χ3n) is 3.91. The van der Waals surface area contributed by atoms with Crippen LogP contribution in [0.2, 0.25) is 0 Å². The van der Waals surface area contributed by atoms with Gasteiger partial charge in [-0.1, -0.05) is 39.5 Å². The lowest BCUT2D eigenvalue weighted by atomic mass is 9.95. The van der Waals surface area contributed by atoms with E-state index in [0.29, 0.717) is 0 Å². The molecule has 1 aliphatic carbocycles. The van der Waals surface area contributed by atoms with Crippen molar-refractivity contribution >= 4 is 5.78 Å². The number of carbonyl (C=O) groups excluding carboxylic acids is 1. The second kappa shape index (κ2) is 8.65. The first-order valence-electron chi connectivity index (χ1n) is 7.64. The first-order chi connectivity index (χ1) is 8.61. The fraction of sp³-hybridized carbons (Fsp3) is 0.933. The molecule has 0 saturated heterocycles. The summed E-state index contributed by atoms with van der Waals surface area (Å²) in [7, 11) is 0. The fourth-order valence-corrected chi connectivity index (χ4v) is 2.67. The van der Waals surface area contributed by atoms with Crippen LogP contribution in [0, 0.1) is 5.92 Å². The predicted octanol–water partition coefficient (Wildman–Crippen LogP) is 2.63. The Morgan fingerprint density at radius 1 is 1.22 bits per heavy atom. The van der Waals surface area contributed by atoms with Crippen LogP contribution in [0.25, 0.3) is 0 Å². The van der Waals surface area contributed by atoms with E-state index < -0.39 is 0 Å². The molecule has 3 N–H and O–H groups in total. The van der Waals surface area contributed by atoms with E-state index in [9.17, 15) is 4.79 Å². The molecule has 1 rings (SSSR count). The minimum Gasteiger partial charge on any atom is -0.321 e. The average molecular weight is 254 g/mol. The molecule has 0 amide bonds. The van der Waals surface area contributed by atoms with E-state index >= 15 is 0 Å². The number of nitrogens with one attached hydrogen (secondary N) is 1. The van der Waals surface area contributed by atoms with Gasteiger partial charge in [0.2, 0.25) is 0 Å². The molecule has 1 aliphatic rings. The normalized spacial score (nSPS) is 19.1. The van der Waals surface area contributed by atoms with Gasteiger partial charge in [0, 0.05) is 12.0 Å². The SMILES string of the molecule is CC(C)C(=O)C(N)CCCCNC1CCCCC1. The van der Waals surface area contributed by atoms with E-state index in [4.69, 9.17) is 5.73 Å². The van der Waals surface area contributed by atoms with E-state index in [-0.39, 0.29) is 17.7 Å². The van der Waals surface area contributed by atoms with Gasteiger partial charge in [0.1, 0.15) is 0 Å². The van der Waals surface area contributed by atoms with Crippen LogP contribution >= 0.6 is 0 Å². The molecule has 0 spiro atoms. The Morgan fingerprint density at radius 2 is 1.89 bits per heavy atom. The molecule has 0 bridgehead atoms. The Balaban J connectivity index is 1.99. The lowest BCUT2D eigenvalue weighted by Crippen LogP contribution is -2.34. The van der Waals surface area contributed by atoms with Crippen molar-refractivity contribution in [2.75, 3.05) is 6.54 Å². The van der Waals surface area contributed by atoms with Crippen LogP contribution in [-0.2, 0) is 4.79 Å². The molecule has 1 saturated carbocycles. The highest BCUT2D eigenvalue weighted by molar-refractivity contribution is 5.85. The Morgan fingerprint density at radius 3 is 2.50 bits per heavy atom. The number of hydrogen-bond acceptors (Lipinski definition) is 3. The monoisotopic (exact) mass is 254 g/mol. The maximum Gasteiger partial charge on any atom is 0.152 e. The number of hydrogen-bond donors (Lipinski definition) is 2. The number of nitrogens with two attached hydrogens (primary N) is 1. The minimum absolute atomic E-state index is 0.0698. The van der Waals surface area contributed by atoms with Gasteiger partial charge in [-0.25, -0.2) is 0 Å². The number of carbonyl (C=O) groups is 1. The van der Waals surface area contributed by atoms with Crippen molar-refractivity contribution in [1.29, 1.82) is 0 Å². The molecule has 0 radical (unpaired) electrons. The molecule has 0 aromatic heterocycles. The molecule has 18 heavy (non-hydrogen) atoms. The van der Waals surface area contributed by atoms with Gasteiger partial charge in [-0.2, -0.15) is 0 Å². The molecule has 1 unspecified atom stereocenters. The highest BCUT2D eigenvalue weighted by Crippen LogP contribution is 2.17. The standard InChI is InChI=1S/C15H30N2O/c1-12(2)15(18)14(16)10-6-7-11-17-13-8-4-3-5-9-13/h12-14,17H,3-11,16H2,1-2H3. The molecule has 3 heteroatoms. The Kier molecular flexibility index (Phi) is 7.52. The van der Waals surface area contributed by atoms with Gasteiger partial charge in [0.25, 0.3) is 0 Å².